The van der Waals surface area contributed by atoms with E-state index in [1.54, 1.807) is 18.2 Å². The van der Waals surface area contributed by atoms with E-state index < -0.39 is 0 Å². The Bertz CT molecular complexity index is 288. The van der Waals surface area contributed by atoms with Crippen molar-refractivity contribution in [2.24, 2.45) is 0 Å². The monoisotopic (exact) mass is 167 g/mol. The van der Waals surface area contributed by atoms with Crippen molar-refractivity contribution in [3.8, 4) is 0 Å². The van der Waals surface area contributed by atoms with Gasteiger partial charge in [-0.05, 0) is 37.5 Å². The van der Waals surface area contributed by atoms with Crippen molar-refractivity contribution in [1.82, 2.24) is 4.37 Å². The van der Waals surface area contributed by atoms with Gasteiger partial charge in [-0.3, -0.25) is 4.79 Å². The summed E-state index contributed by atoms with van der Waals surface area (Å²) in [4.78, 5) is 11.9. The first-order valence-electron chi connectivity index (χ1n) is 3.34. The number of allylic oxidation sites excluding steroid dienone is 2. The molecule has 3 heteroatoms. The van der Waals surface area contributed by atoms with Gasteiger partial charge in [-0.2, -0.15) is 4.37 Å². The highest BCUT2D eigenvalue weighted by atomic mass is 32.1. The second kappa shape index (κ2) is 3.44. The van der Waals surface area contributed by atoms with Gasteiger partial charge in [0.1, 0.15) is 0 Å². The van der Waals surface area contributed by atoms with Gasteiger partial charge in [0.2, 0.25) is 0 Å². The SMILES string of the molecule is C/C=C/C(=O)c1cc(C)ns1. The Morgan fingerprint density at radius 1 is 1.73 bits per heavy atom. The fourth-order valence-electron chi connectivity index (χ4n) is 0.713. The summed E-state index contributed by atoms with van der Waals surface area (Å²) in [7, 11) is 0. The zero-order valence-electron chi connectivity index (χ0n) is 6.50. The van der Waals surface area contributed by atoms with Gasteiger partial charge in [-0.15, -0.1) is 0 Å². The van der Waals surface area contributed by atoms with Crippen molar-refractivity contribution < 1.29 is 4.79 Å². The second-order valence-electron chi connectivity index (χ2n) is 2.20. The fraction of sp³-hybridized carbons (Fsp3) is 0.250. The quantitative estimate of drug-likeness (QED) is 0.499. The molecule has 1 aromatic heterocycles. The second-order valence-corrected chi connectivity index (χ2v) is 3.00. The largest absolute Gasteiger partial charge is 0.288 e. The molecule has 0 unspecified atom stereocenters. The van der Waals surface area contributed by atoms with Gasteiger partial charge in [0.15, 0.2) is 5.78 Å². The molecule has 0 aliphatic heterocycles. The van der Waals surface area contributed by atoms with E-state index in [0.29, 0.717) is 4.88 Å². The van der Waals surface area contributed by atoms with Crippen LogP contribution in [0.25, 0.3) is 0 Å². The van der Waals surface area contributed by atoms with Crippen molar-refractivity contribution in [3.05, 3.63) is 28.8 Å². The number of rotatable bonds is 2. The first-order valence-corrected chi connectivity index (χ1v) is 4.11. The molecule has 58 valence electrons. The molecule has 0 atom stereocenters. The average molecular weight is 167 g/mol. The van der Waals surface area contributed by atoms with Crippen molar-refractivity contribution in [2.75, 3.05) is 0 Å². The van der Waals surface area contributed by atoms with Crippen molar-refractivity contribution in [3.63, 3.8) is 0 Å². The zero-order chi connectivity index (χ0) is 8.27. The van der Waals surface area contributed by atoms with Crippen LogP contribution in [0.1, 0.15) is 22.3 Å². The number of carbonyl (C=O) groups is 1. The molecule has 1 rings (SSSR count). The smallest absolute Gasteiger partial charge is 0.197 e. The molecule has 0 amide bonds. The molecule has 1 aromatic rings. The fourth-order valence-corrected chi connectivity index (χ4v) is 1.39. The van der Waals surface area contributed by atoms with Crippen LogP contribution in [-0.2, 0) is 0 Å². The van der Waals surface area contributed by atoms with Gasteiger partial charge in [0.05, 0.1) is 10.6 Å². The van der Waals surface area contributed by atoms with Gasteiger partial charge >= 0.3 is 0 Å². The first-order chi connectivity index (χ1) is 5.24. The van der Waals surface area contributed by atoms with Gasteiger partial charge in [0, 0.05) is 0 Å². The lowest BCUT2D eigenvalue weighted by atomic mass is 10.3. The average Bonchev–Trinajstić information content (AvgIpc) is 2.36. The van der Waals surface area contributed by atoms with Crippen LogP contribution in [0.2, 0.25) is 0 Å². The summed E-state index contributed by atoms with van der Waals surface area (Å²) >= 11 is 1.25. The Morgan fingerprint density at radius 2 is 2.45 bits per heavy atom. The number of hydrogen-bond acceptors (Lipinski definition) is 3. The van der Waals surface area contributed by atoms with E-state index in [4.69, 9.17) is 0 Å². The number of aromatic nitrogens is 1. The molecule has 0 fully saturated rings. The van der Waals surface area contributed by atoms with Crippen molar-refractivity contribution in [2.45, 2.75) is 13.8 Å². The van der Waals surface area contributed by atoms with Crippen LogP contribution >= 0.6 is 11.5 Å². The molecule has 0 saturated carbocycles. The third-order valence-corrected chi connectivity index (χ3v) is 2.08. The van der Waals surface area contributed by atoms with E-state index in [2.05, 4.69) is 4.37 Å². The number of ketones is 1. The predicted molar refractivity (Wildman–Crippen MR) is 46.0 cm³/mol. The molecule has 0 saturated heterocycles. The minimum Gasteiger partial charge on any atom is -0.288 e. The van der Waals surface area contributed by atoms with Crippen LogP contribution in [0.15, 0.2) is 18.2 Å². The maximum Gasteiger partial charge on any atom is 0.197 e. The van der Waals surface area contributed by atoms with Crippen LogP contribution < -0.4 is 0 Å². The third-order valence-electron chi connectivity index (χ3n) is 1.19. The van der Waals surface area contributed by atoms with E-state index in [9.17, 15) is 4.79 Å². The Labute approximate surface area is 69.7 Å². The number of aryl methyl sites for hydroxylation is 1. The molecule has 2 nitrogen and oxygen atoms in total. The maximum atomic E-state index is 11.1. The van der Waals surface area contributed by atoms with E-state index in [-0.39, 0.29) is 5.78 Å². The minimum atomic E-state index is 0.0399. The summed E-state index contributed by atoms with van der Waals surface area (Å²) in [6.07, 6.45) is 3.28. The molecule has 11 heavy (non-hydrogen) atoms. The highest BCUT2D eigenvalue weighted by molar-refractivity contribution is 7.08. The molecular formula is C8H9NOS. The summed E-state index contributed by atoms with van der Waals surface area (Å²) in [6, 6.07) is 1.80. The van der Waals surface area contributed by atoms with Gasteiger partial charge in [-0.25, -0.2) is 0 Å². The van der Waals surface area contributed by atoms with Crippen molar-refractivity contribution >= 4 is 17.3 Å². The Hall–Kier alpha value is -0.960. The number of carbonyl (C=O) groups excluding carboxylic acids is 1. The molecule has 1 heterocycles. The lowest BCUT2D eigenvalue weighted by molar-refractivity contribution is 0.105. The lowest BCUT2D eigenvalue weighted by Crippen LogP contribution is -1.87. The van der Waals surface area contributed by atoms with E-state index >= 15 is 0 Å². The van der Waals surface area contributed by atoms with E-state index in [0.717, 1.165) is 5.69 Å². The summed E-state index contributed by atoms with van der Waals surface area (Å²) < 4.78 is 4.01. The van der Waals surface area contributed by atoms with Gasteiger partial charge in [0.25, 0.3) is 0 Å². The predicted octanol–water partition coefficient (Wildman–Crippen LogP) is 2.21. The minimum absolute atomic E-state index is 0.0399. The highest BCUT2D eigenvalue weighted by Gasteiger charge is 2.03. The van der Waals surface area contributed by atoms with Crippen LogP contribution in [0.4, 0.5) is 0 Å². The Balaban J connectivity index is 2.85. The molecule has 0 N–H and O–H groups in total. The Kier molecular flexibility index (Phi) is 2.54. The van der Waals surface area contributed by atoms with Gasteiger partial charge < -0.3 is 0 Å². The molecular weight excluding hydrogens is 158 g/mol. The lowest BCUT2D eigenvalue weighted by Gasteiger charge is -1.82. The Morgan fingerprint density at radius 3 is 2.91 bits per heavy atom. The first kappa shape index (κ1) is 8.14. The van der Waals surface area contributed by atoms with E-state index in [1.807, 2.05) is 13.8 Å². The van der Waals surface area contributed by atoms with Crippen LogP contribution in [0, 0.1) is 6.92 Å². The third kappa shape index (κ3) is 1.98. The summed E-state index contributed by atoms with van der Waals surface area (Å²) in [6.45, 7) is 3.70. The van der Waals surface area contributed by atoms with E-state index in [1.165, 1.54) is 11.5 Å². The standard InChI is InChI=1S/C8H9NOS/c1-3-4-7(10)8-5-6(2)9-11-8/h3-5H,1-2H3/b4-3+. The number of nitrogens with zero attached hydrogens (tertiary/aromatic N) is 1. The van der Waals surface area contributed by atoms with Crippen LogP contribution in [0.5, 0.6) is 0 Å². The molecule has 0 bridgehead atoms. The maximum absolute atomic E-state index is 11.1. The molecule has 0 spiro atoms. The number of hydrogen-bond donors (Lipinski definition) is 0. The molecule has 0 aliphatic carbocycles. The normalized spacial score (nSPS) is 10.7. The zero-order valence-corrected chi connectivity index (χ0v) is 7.31. The van der Waals surface area contributed by atoms with Gasteiger partial charge in [-0.1, -0.05) is 6.08 Å². The van der Waals surface area contributed by atoms with Crippen molar-refractivity contribution in [1.29, 1.82) is 0 Å². The van der Waals surface area contributed by atoms with Crippen LogP contribution in [0.3, 0.4) is 0 Å². The van der Waals surface area contributed by atoms with Crippen LogP contribution in [-0.4, -0.2) is 10.2 Å². The summed E-state index contributed by atoms with van der Waals surface area (Å²) in [5.74, 6) is 0.0399. The molecule has 0 radical (unpaired) electrons. The summed E-state index contributed by atoms with van der Waals surface area (Å²) in [5.41, 5.74) is 0.905. The topological polar surface area (TPSA) is 30.0 Å². The molecule has 0 aliphatic rings. The highest BCUT2D eigenvalue weighted by Crippen LogP contribution is 2.09. The summed E-state index contributed by atoms with van der Waals surface area (Å²) in [5, 5.41) is 0. The molecule has 0 aromatic carbocycles.